The average molecular weight is 469 g/mol. The van der Waals surface area contributed by atoms with Crippen LogP contribution in [0.15, 0.2) is 24.4 Å². The number of alkyl carbamates (subject to hydrolysis) is 1. The molecule has 1 unspecified atom stereocenters. The fourth-order valence-corrected chi connectivity index (χ4v) is 3.77. The van der Waals surface area contributed by atoms with Crippen LogP contribution in [-0.4, -0.2) is 52.6 Å². The number of alkyl halides is 3. The first-order valence-corrected chi connectivity index (χ1v) is 10.5. The van der Waals surface area contributed by atoms with Gasteiger partial charge >= 0.3 is 12.3 Å². The smallest absolute Gasteiger partial charge is 0.407 e. The van der Waals surface area contributed by atoms with Gasteiger partial charge < -0.3 is 20.1 Å². The molecule has 33 heavy (non-hydrogen) atoms. The monoisotopic (exact) mass is 469 g/mol. The second kappa shape index (κ2) is 10.5. The summed E-state index contributed by atoms with van der Waals surface area (Å²) in [6, 6.07) is 4.05. The van der Waals surface area contributed by atoms with Crippen LogP contribution in [0.4, 0.5) is 23.8 Å². The zero-order valence-corrected chi connectivity index (χ0v) is 18.2. The van der Waals surface area contributed by atoms with Crippen LogP contribution in [0.2, 0.25) is 0 Å². The Morgan fingerprint density at radius 1 is 1.30 bits per heavy atom. The minimum atomic E-state index is -4.36. The molecule has 2 heterocycles. The van der Waals surface area contributed by atoms with Gasteiger partial charge in [-0.15, -0.1) is 0 Å². The molecule has 2 aromatic heterocycles. The summed E-state index contributed by atoms with van der Waals surface area (Å²) in [4.78, 5) is 28.2. The van der Waals surface area contributed by atoms with E-state index in [9.17, 15) is 22.8 Å². The number of methoxy groups -OCH3 is 1. The molecule has 0 saturated heterocycles. The topological polar surface area (TPSA) is 118 Å². The molecule has 0 aliphatic heterocycles. The fourth-order valence-electron chi connectivity index (χ4n) is 3.77. The van der Waals surface area contributed by atoms with E-state index < -0.39 is 30.8 Å². The summed E-state index contributed by atoms with van der Waals surface area (Å²) in [5.74, 6) is 0.569. The Labute approximate surface area is 188 Å². The van der Waals surface area contributed by atoms with Gasteiger partial charge in [0.1, 0.15) is 6.10 Å². The predicted octanol–water partition coefficient (Wildman–Crippen LogP) is 3.70. The highest BCUT2D eigenvalue weighted by atomic mass is 19.4. The summed E-state index contributed by atoms with van der Waals surface area (Å²) in [5.41, 5.74) is 1.53. The van der Waals surface area contributed by atoms with Crippen LogP contribution in [0.3, 0.4) is 0 Å². The van der Waals surface area contributed by atoms with Crippen molar-refractivity contribution in [2.24, 2.45) is 0 Å². The molecule has 1 saturated carbocycles. The summed E-state index contributed by atoms with van der Waals surface area (Å²) in [6.07, 6.45) is -3.26. The number of hydrogen-bond acceptors (Lipinski definition) is 6. The molecule has 180 valence electrons. The van der Waals surface area contributed by atoms with E-state index in [-0.39, 0.29) is 18.2 Å². The summed E-state index contributed by atoms with van der Waals surface area (Å²) in [6.45, 7) is 1.28. The van der Waals surface area contributed by atoms with E-state index in [1.165, 1.54) is 14.0 Å². The molecule has 3 atom stereocenters. The maximum Gasteiger partial charge on any atom is 0.407 e. The number of H-pyrrole nitrogens is 1. The van der Waals surface area contributed by atoms with Gasteiger partial charge in [-0.1, -0.05) is 0 Å². The zero-order chi connectivity index (χ0) is 24.0. The number of anilines is 1. The third kappa shape index (κ3) is 7.65. The first-order valence-electron chi connectivity index (χ1n) is 10.5. The quantitative estimate of drug-likeness (QED) is 0.543. The fraction of sp³-hybridized carbons (Fsp3) is 0.524. The molecular formula is C21H26F3N5O4. The number of carbonyl (C=O) groups is 2. The van der Waals surface area contributed by atoms with E-state index in [0.717, 1.165) is 11.3 Å². The minimum Gasteiger partial charge on any atom is -0.481 e. The maximum atomic E-state index is 12.4. The lowest BCUT2D eigenvalue weighted by atomic mass is 10.0. The first kappa shape index (κ1) is 24.3. The van der Waals surface area contributed by atoms with Crippen molar-refractivity contribution in [1.82, 2.24) is 20.5 Å². The molecule has 2 amide bonds. The second-order valence-electron chi connectivity index (χ2n) is 8.04. The lowest BCUT2D eigenvalue weighted by Crippen LogP contribution is -2.37. The summed E-state index contributed by atoms with van der Waals surface area (Å²) in [7, 11) is 1.50. The van der Waals surface area contributed by atoms with Crippen molar-refractivity contribution in [3.05, 3.63) is 35.7 Å². The molecule has 12 heteroatoms. The Morgan fingerprint density at radius 2 is 2.09 bits per heavy atom. The molecule has 0 bridgehead atoms. The van der Waals surface area contributed by atoms with Crippen LogP contribution in [0.1, 0.15) is 49.8 Å². The highest BCUT2D eigenvalue weighted by Gasteiger charge is 2.33. The molecule has 0 spiro atoms. The number of pyridine rings is 1. The minimum absolute atomic E-state index is 0.0259. The van der Waals surface area contributed by atoms with E-state index >= 15 is 0 Å². The third-order valence-electron chi connectivity index (χ3n) is 5.24. The number of nitrogens with zero attached hydrogens (tertiary/aromatic N) is 2. The largest absolute Gasteiger partial charge is 0.481 e. The molecule has 1 aliphatic carbocycles. The summed E-state index contributed by atoms with van der Waals surface area (Å²) in [5, 5.41) is 11.9. The first-order chi connectivity index (χ1) is 15.6. The van der Waals surface area contributed by atoms with E-state index in [1.807, 2.05) is 0 Å². The van der Waals surface area contributed by atoms with Gasteiger partial charge in [0.2, 0.25) is 11.8 Å². The van der Waals surface area contributed by atoms with Crippen LogP contribution in [0.5, 0.6) is 5.88 Å². The highest BCUT2D eigenvalue weighted by Crippen LogP contribution is 2.36. The van der Waals surface area contributed by atoms with Gasteiger partial charge in [0, 0.05) is 36.0 Å². The maximum absolute atomic E-state index is 12.4. The average Bonchev–Trinajstić information content (AvgIpc) is 3.35. The van der Waals surface area contributed by atoms with Crippen LogP contribution in [0.25, 0.3) is 0 Å². The van der Waals surface area contributed by atoms with Crippen LogP contribution < -0.4 is 15.4 Å². The zero-order valence-electron chi connectivity index (χ0n) is 18.2. The van der Waals surface area contributed by atoms with Crippen molar-refractivity contribution in [2.75, 3.05) is 12.4 Å². The number of aromatic amines is 1. The number of amides is 2. The summed E-state index contributed by atoms with van der Waals surface area (Å²) < 4.78 is 47.5. The molecule has 9 nitrogen and oxygen atoms in total. The van der Waals surface area contributed by atoms with Crippen molar-refractivity contribution >= 4 is 17.8 Å². The molecule has 2 aromatic rings. The Hall–Kier alpha value is -3.31. The Bertz CT molecular complexity index is 965. The van der Waals surface area contributed by atoms with E-state index in [1.54, 1.807) is 24.4 Å². The van der Waals surface area contributed by atoms with Crippen LogP contribution >= 0.6 is 0 Å². The number of aromatic nitrogens is 3. The van der Waals surface area contributed by atoms with Crippen molar-refractivity contribution in [3.63, 3.8) is 0 Å². The van der Waals surface area contributed by atoms with Gasteiger partial charge in [0.05, 0.1) is 20.0 Å². The number of rotatable bonds is 8. The van der Waals surface area contributed by atoms with Gasteiger partial charge in [-0.05, 0) is 37.8 Å². The van der Waals surface area contributed by atoms with Gasteiger partial charge in [0.25, 0.3) is 0 Å². The Balaban J connectivity index is 1.46. The number of halogens is 3. The van der Waals surface area contributed by atoms with Crippen molar-refractivity contribution in [3.8, 4) is 5.88 Å². The Morgan fingerprint density at radius 3 is 2.82 bits per heavy atom. The van der Waals surface area contributed by atoms with Crippen molar-refractivity contribution in [2.45, 2.75) is 63.3 Å². The van der Waals surface area contributed by atoms with Gasteiger partial charge in [-0.2, -0.15) is 18.3 Å². The van der Waals surface area contributed by atoms with E-state index in [2.05, 4.69) is 25.8 Å². The molecule has 1 fully saturated rings. The normalized spacial score (nSPS) is 19.1. The molecule has 0 radical (unpaired) electrons. The van der Waals surface area contributed by atoms with Gasteiger partial charge in [-0.25, -0.2) is 9.78 Å². The third-order valence-corrected chi connectivity index (χ3v) is 5.24. The molecule has 3 rings (SSSR count). The van der Waals surface area contributed by atoms with Crippen LogP contribution in [0, 0.1) is 0 Å². The standard InChI is InChI=1S/C21H26F3N5O4/c1-12(11-21(22,23)24)26-20(31)33-15-4-3-14(9-15)16-10-17(29-28-16)27-18(30)7-13-5-6-25-19(8-13)32-2/h5-6,8,10,12,14-15H,3-4,7,9,11H2,1-2H3,(H,26,31)(H2,27,28,29,30)/t12?,14-,15+/m0/s1. The molecular weight excluding hydrogens is 443 g/mol. The lowest BCUT2D eigenvalue weighted by molar-refractivity contribution is -0.138. The predicted molar refractivity (Wildman–Crippen MR) is 112 cm³/mol. The summed E-state index contributed by atoms with van der Waals surface area (Å²) >= 11 is 0. The number of ether oxygens (including phenoxy) is 2. The lowest BCUT2D eigenvalue weighted by Gasteiger charge is -2.18. The van der Waals surface area contributed by atoms with E-state index in [4.69, 9.17) is 9.47 Å². The highest BCUT2D eigenvalue weighted by molar-refractivity contribution is 5.91. The van der Waals surface area contributed by atoms with E-state index in [0.29, 0.717) is 31.0 Å². The number of carbonyl (C=O) groups excluding carboxylic acids is 2. The second-order valence-corrected chi connectivity index (χ2v) is 8.04. The molecule has 3 N–H and O–H groups in total. The van der Waals surface area contributed by atoms with Crippen LogP contribution in [-0.2, 0) is 16.0 Å². The molecule has 0 aromatic carbocycles. The van der Waals surface area contributed by atoms with Crippen molar-refractivity contribution < 1.29 is 32.2 Å². The Kier molecular flexibility index (Phi) is 7.77. The number of hydrogen-bond donors (Lipinski definition) is 3. The SMILES string of the molecule is COc1cc(CC(=O)Nc2cc([C@H]3CC[C@@H](OC(=O)NC(C)CC(F)(F)F)C3)[nH]n2)ccn1. The number of nitrogens with one attached hydrogen (secondary N) is 3. The van der Waals surface area contributed by atoms with Crippen molar-refractivity contribution in [1.29, 1.82) is 0 Å². The van der Waals surface area contributed by atoms with Gasteiger partial charge in [0.15, 0.2) is 5.82 Å². The molecule has 1 aliphatic rings. The van der Waals surface area contributed by atoms with Gasteiger partial charge in [-0.3, -0.25) is 9.89 Å².